The maximum absolute atomic E-state index is 12.7. The second-order valence-electron chi connectivity index (χ2n) is 3.28. The summed E-state index contributed by atoms with van der Waals surface area (Å²) in [4.78, 5) is 3.20. The van der Waals surface area contributed by atoms with E-state index in [1.165, 1.54) is 0 Å². The van der Waals surface area contributed by atoms with Gasteiger partial charge in [-0.2, -0.15) is 13.2 Å². The number of hydrogen-bond acceptors (Lipinski definition) is 3. The molecule has 1 rings (SSSR count). The van der Waals surface area contributed by atoms with Gasteiger partial charge in [0.1, 0.15) is 0 Å². The number of rotatable bonds is 3. The van der Waals surface area contributed by atoms with E-state index in [0.717, 1.165) is 0 Å². The zero-order valence-electron chi connectivity index (χ0n) is 8.94. The second kappa shape index (κ2) is 5.53. The van der Waals surface area contributed by atoms with E-state index in [4.69, 9.17) is 5.11 Å². The molecule has 0 atom stereocenters. The van der Waals surface area contributed by atoms with Crippen LogP contribution in [0.4, 0.5) is 26.3 Å². The highest BCUT2D eigenvalue weighted by atomic mass is 79.9. The smallest absolute Gasteiger partial charge is 0.390 e. The fraction of sp³-hybridized carbons (Fsp3) is 0.444. The largest absolute Gasteiger partial charge is 0.574 e. The van der Waals surface area contributed by atoms with Gasteiger partial charge in [-0.3, -0.25) is 0 Å². The molecule has 0 radical (unpaired) electrons. The highest BCUT2D eigenvalue weighted by Gasteiger charge is 2.39. The van der Waals surface area contributed by atoms with Crippen LogP contribution in [0.5, 0.6) is 5.88 Å². The van der Waals surface area contributed by atoms with Crippen molar-refractivity contribution in [3.8, 4) is 5.88 Å². The van der Waals surface area contributed by atoms with Crippen LogP contribution in [0.15, 0.2) is 6.07 Å². The molecule has 0 saturated carbocycles. The van der Waals surface area contributed by atoms with E-state index >= 15 is 0 Å². The van der Waals surface area contributed by atoms with Crippen molar-refractivity contribution in [1.29, 1.82) is 0 Å². The Hall–Kier alpha value is -1.03. The summed E-state index contributed by atoms with van der Waals surface area (Å²) >= 11 is 2.66. The van der Waals surface area contributed by atoms with Gasteiger partial charge in [-0.05, 0) is 6.07 Å². The molecule has 3 nitrogen and oxygen atoms in total. The number of hydrogen-bond donors (Lipinski definition) is 1. The molecule has 0 aliphatic carbocycles. The molecule has 0 bridgehead atoms. The fourth-order valence-electron chi connectivity index (χ4n) is 1.26. The van der Waals surface area contributed by atoms with Gasteiger partial charge in [-0.25, -0.2) is 4.98 Å². The van der Waals surface area contributed by atoms with Gasteiger partial charge in [0.25, 0.3) is 0 Å². The summed E-state index contributed by atoms with van der Waals surface area (Å²) in [5, 5.41) is 8.20. The predicted octanol–water partition coefficient (Wildman–Crippen LogP) is 3.39. The lowest BCUT2D eigenvalue weighted by molar-refractivity contribution is -0.276. The molecule has 1 aromatic rings. The van der Waals surface area contributed by atoms with Crippen molar-refractivity contribution in [3.05, 3.63) is 22.9 Å². The molecule has 19 heavy (non-hydrogen) atoms. The second-order valence-corrected chi connectivity index (χ2v) is 3.84. The highest BCUT2D eigenvalue weighted by Crippen LogP contribution is 2.38. The number of pyridine rings is 1. The molecule has 108 valence electrons. The first-order valence-electron chi connectivity index (χ1n) is 4.61. The molecule has 1 N–H and O–H groups in total. The van der Waals surface area contributed by atoms with Gasteiger partial charge in [0, 0.05) is 10.9 Å². The topological polar surface area (TPSA) is 42.4 Å². The van der Waals surface area contributed by atoms with Gasteiger partial charge in [0.15, 0.2) is 0 Å². The Morgan fingerprint density at radius 2 is 1.79 bits per heavy atom. The average molecular weight is 354 g/mol. The van der Waals surface area contributed by atoms with Crippen molar-refractivity contribution < 1.29 is 36.2 Å². The van der Waals surface area contributed by atoms with Crippen LogP contribution in [0.25, 0.3) is 0 Å². The van der Waals surface area contributed by atoms with Crippen LogP contribution in [-0.4, -0.2) is 16.5 Å². The number of ether oxygens (including phenoxy) is 1. The van der Waals surface area contributed by atoms with Crippen LogP contribution in [0.3, 0.4) is 0 Å². The molecule has 10 heteroatoms. The van der Waals surface area contributed by atoms with Crippen molar-refractivity contribution in [1.82, 2.24) is 4.98 Å². The summed E-state index contributed by atoms with van der Waals surface area (Å²) in [6.45, 7) is -0.945. The molecule has 0 spiro atoms. The molecule has 1 aromatic heterocycles. The average Bonchev–Trinajstić information content (AvgIpc) is 2.24. The summed E-state index contributed by atoms with van der Waals surface area (Å²) < 4.78 is 77.8. The SMILES string of the molecule is OCc1cc(C(F)(F)F)c(CBr)c(OC(F)(F)F)n1. The maximum Gasteiger partial charge on any atom is 0.574 e. The molecule has 0 aromatic carbocycles. The molecule has 0 unspecified atom stereocenters. The van der Waals surface area contributed by atoms with Crippen LogP contribution in [0.1, 0.15) is 16.8 Å². The molecule has 0 aliphatic heterocycles. The number of alkyl halides is 7. The summed E-state index contributed by atoms with van der Waals surface area (Å²) in [5.41, 5.74) is -2.71. The quantitative estimate of drug-likeness (QED) is 0.669. The Kier molecular flexibility index (Phi) is 4.67. The third-order valence-corrected chi connectivity index (χ3v) is 2.51. The van der Waals surface area contributed by atoms with Crippen LogP contribution < -0.4 is 4.74 Å². The van der Waals surface area contributed by atoms with E-state index < -0.39 is 47.2 Å². The van der Waals surface area contributed by atoms with Crippen LogP contribution in [-0.2, 0) is 18.1 Å². The lowest BCUT2D eigenvalue weighted by atomic mass is 10.1. The van der Waals surface area contributed by atoms with Gasteiger partial charge < -0.3 is 9.84 Å². The fourth-order valence-corrected chi connectivity index (χ4v) is 1.80. The lowest BCUT2D eigenvalue weighted by Gasteiger charge is -2.17. The monoisotopic (exact) mass is 353 g/mol. The van der Waals surface area contributed by atoms with Crippen molar-refractivity contribution in [2.75, 3.05) is 0 Å². The minimum Gasteiger partial charge on any atom is -0.390 e. The zero-order valence-corrected chi connectivity index (χ0v) is 10.5. The molecular weight excluding hydrogens is 348 g/mol. The number of aliphatic hydroxyl groups is 1. The molecule has 0 aliphatic rings. The maximum atomic E-state index is 12.7. The van der Waals surface area contributed by atoms with Crippen LogP contribution in [0.2, 0.25) is 0 Å². The van der Waals surface area contributed by atoms with E-state index in [2.05, 4.69) is 25.7 Å². The number of nitrogens with zero attached hydrogens (tertiary/aromatic N) is 1. The molecule has 0 amide bonds. The summed E-state index contributed by atoms with van der Waals surface area (Å²) in [6.07, 6.45) is -10.1. The Bertz CT molecular complexity index is 459. The first kappa shape index (κ1) is 16.0. The van der Waals surface area contributed by atoms with Crippen molar-refractivity contribution in [2.24, 2.45) is 0 Å². The van der Waals surface area contributed by atoms with Gasteiger partial charge in [0.2, 0.25) is 5.88 Å². The number of halogens is 7. The Morgan fingerprint density at radius 3 is 2.16 bits per heavy atom. The van der Waals surface area contributed by atoms with Gasteiger partial charge in [-0.1, -0.05) is 15.9 Å². The van der Waals surface area contributed by atoms with E-state index in [1.54, 1.807) is 0 Å². The number of aromatic nitrogens is 1. The van der Waals surface area contributed by atoms with Gasteiger partial charge >= 0.3 is 12.5 Å². The summed E-state index contributed by atoms with van der Waals surface area (Å²) in [6, 6.07) is 0.472. The van der Waals surface area contributed by atoms with Crippen LogP contribution >= 0.6 is 15.9 Å². The first-order valence-corrected chi connectivity index (χ1v) is 5.73. The standard InChI is InChI=1S/C9H6BrF6NO2/c10-2-5-6(8(11,12)13)1-4(3-18)17-7(5)19-9(14,15)16/h1,18H,2-3H2. The van der Waals surface area contributed by atoms with E-state index in [-0.39, 0.29) is 0 Å². The van der Waals surface area contributed by atoms with E-state index in [9.17, 15) is 26.3 Å². The summed E-state index contributed by atoms with van der Waals surface area (Å²) in [5.74, 6) is -1.23. The normalized spacial score (nSPS) is 12.6. The van der Waals surface area contributed by atoms with Crippen molar-refractivity contribution in [3.63, 3.8) is 0 Å². The van der Waals surface area contributed by atoms with E-state index in [1.807, 2.05) is 0 Å². The minimum atomic E-state index is -5.18. The molecule has 0 saturated heterocycles. The Balaban J connectivity index is 3.44. The minimum absolute atomic E-state index is 0.472. The zero-order chi connectivity index (χ0) is 14.8. The Morgan fingerprint density at radius 1 is 1.21 bits per heavy atom. The van der Waals surface area contributed by atoms with Gasteiger partial charge in [0.05, 0.1) is 17.9 Å². The lowest BCUT2D eigenvalue weighted by Crippen LogP contribution is -2.21. The van der Waals surface area contributed by atoms with Crippen molar-refractivity contribution in [2.45, 2.75) is 24.5 Å². The summed E-state index contributed by atoms with van der Waals surface area (Å²) in [7, 11) is 0. The Labute approximate surface area is 111 Å². The molecular formula is C9H6BrF6NO2. The van der Waals surface area contributed by atoms with Crippen molar-refractivity contribution >= 4 is 15.9 Å². The van der Waals surface area contributed by atoms with E-state index in [0.29, 0.717) is 6.07 Å². The highest BCUT2D eigenvalue weighted by molar-refractivity contribution is 9.08. The first-order chi connectivity index (χ1) is 8.58. The van der Waals surface area contributed by atoms with Gasteiger partial charge in [-0.15, -0.1) is 13.2 Å². The number of aliphatic hydroxyl groups excluding tert-OH is 1. The third-order valence-electron chi connectivity index (χ3n) is 1.95. The molecule has 1 heterocycles. The van der Waals surface area contributed by atoms with Crippen LogP contribution in [0, 0.1) is 0 Å². The molecule has 0 fully saturated rings. The predicted molar refractivity (Wildman–Crippen MR) is 54.5 cm³/mol. The third kappa shape index (κ3) is 4.23.